The molecule has 142 valence electrons. The van der Waals surface area contributed by atoms with Crippen LogP contribution in [0.15, 0.2) is 41.3 Å². The molecule has 0 bridgehead atoms. The smallest absolute Gasteiger partial charge is 0.247 e. The Hall–Kier alpha value is -2.32. The second-order valence-corrected chi connectivity index (χ2v) is 7.32. The van der Waals surface area contributed by atoms with E-state index in [4.69, 9.17) is 14.2 Å². The van der Waals surface area contributed by atoms with Crippen molar-refractivity contribution in [2.75, 3.05) is 27.9 Å². The molecule has 6 nitrogen and oxygen atoms in total. The van der Waals surface area contributed by atoms with Crippen molar-refractivity contribution in [3.05, 3.63) is 47.8 Å². The number of rotatable bonds is 8. The van der Waals surface area contributed by atoms with Crippen LogP contribution >= 0.6 is 0 Å². The summed E-state index contributed by atoms with van der Waals surface area (Å²) < 4.78 is 56.5. The molecule has 0 aliphatic carbocycles. The molecule has 0 radical (unpaired) electrons. The van der Waals surface area contributed by atoms with Crippen LogP contribution < -0.4 is 14.2 Å². The van der Waals surface area contributed by atoms with Gasteiger partial charge in [-0.1, -0.05) is 13.0 Å². The minimum absolute atomic E-state index is 0.00446. The first-order valence-corrected chi connectivity index (χ1v) is 9.36. The Balaban J connectivity index is 2.41. The van der Waals surface area contributed by atoms with Crippen molar-refractivity contribution < 1.29 is 27.0 Å². The second-order valence-electron chi connectivity index (χ2n) is 5.42. The Kier molecular flexibility index (Phi) is 6.44. The van der Waals surface area contributed by atoms with Gasteiger partial charge in [-0.25, -0.2) is 12.8 Å². The van der Waals surface area contributed by atoms with Crippen molar-refractivity contribution in [1.29, 1.82) is 0 Å². The average molecular weight is 383 g/mol. The lowest BCUT2D eigenvalue weighted by molar-refractivity contribution is 0.380. The standard InChI is InChI=1S/C18H22FNO5S/c1-5-20(12-13-6-8-16(24-3)15(19)10-13)26(21,22)18-11-14(23-2)7-9-17(18)25-4/h6-11H,5,12H2,1-4H3. The SMILES string of the molecule is CCN(Cc1ccc(OC)c(F)c1)S(=O)(=O)c1cc(OC)ccc1OC. The zero-order chi connectivity index (χ0) is 19.3. The highest BCUT2D eigenvalue weighted by molar-refractivity contribution is 7.89. The number of hydrogen-bond acceptors (Lipinski definition) is 5. The summed E-state index contributed by atoms with van der Waals surface area (Å²) in [7, 11) is 0.345. The number of sulfonamides is 1. The van der Waals surface area contributed by atoms with E-state index in [1.807, 2.05) is 0 Å². The van der Waals surface area contributed by atoms with Gasteiger partial charge in [-0.2, -0.15) is 4.31 Å². The first-order chi connectivity index (χ1) is 12.4. The molecule has 2 rings (SSSR count). The van der Waals surface area contributed by atoms with Crippen LogP contribution in [0.25, 0.3) is 0 Å². The maximum Gasteiger partial charge on any atom is 0.247 e. The molecule has 0 amide bonds. The van der Waals surface area contributed by atoms with Crippen molar-refractivity contribution in [1.82, 2.24) is 4.31 Å². The number of ether oxygens (including phenoxy) is 3. The zero-order valence-corrected chi connectivity index (χ0v) is 16.0. The highest BCUT2D eigenvalue weighted by atomic mass is 32.2. The summed E-state index contributed by atoms with van der Waals surface area (Å²) in [4.78, 5) is -0.00446. The summed E-state index contributed by atoms with van der Waals surface area (Å²) in [6.07, 6.45) is 0. The van der Waals surface area contributed by atoms with E-state index in [2.05, 4.69) is 0 Å². The number of benzene rings is 2. The molecular weight excluding hydrogens is 361 g/mol. The maximum absolute atomic E-state index is 13.9. The average Bonchev–Trinajstić information content (AvgIpc) is 2.65. The lowest BCUT2D eigenvalue weighted by Gasteiger charge is -2.22. The predicted molar refractivity (Wildman–Crippen MR) is 95.8 cm³/mol. The molecule has 0 spiro atoms. The lowest BCUT2D eigenvalue weighted by Crippen LogP contribution is -2.30. The highest BCUT2D eigenvalue weighted by Crippen LogP contribution is 2.31. The second kappa shape index (κ2) is 8.37. The number of methoxy groups -OCH3 is 3. The number of nitrogens with zero attached hydrogens (tertiary/aromatic N) is 1. The summed E-state index contributed by atoms with van der Waals surface area (Å²) in [5.74, 6) is 0.174. The third-order valence-electron chi connectivity index (χ3n) is 3.92. The van der Waals surface area contributed by atoms with Crippen LogP contribution in [0.5, 0.6) is 17.2 Å². The van der Waals surface area contributed by atoms with Crippen molar-refractivity contribution >= 4 is 10.0 Å². The zero-order valence-electron chi connectivity index (χ0n) is 15.2. The Labute approximate surface area is 153 Å². The van der Waals surface area contributed by atoms with E-state index in [1.165, 1.54) is 49.9 Å². The van der Waals surface area contributed by atoms with Crippen LogP contribution in [0, 0.1) is 5.82 Å². The molecule has 0 aliphatic heterocycles. The van der Waals surface area contributed by atoms with E-state index < -0.39 is 15.8 Å². The van der Waals surface area contributed by atoms with E-state index in [9.17, 15) is 12.8 Å². The van der Waals surface area contributed by atoms with Crippen molar-refractivity contribution in [2.24, 2.45) is 0 Å². The quantitative estimate of drug-likeness (QED) is 0.701. The first-order valence-electron chi connectivity index (χ1n) is 7.92. The van der Waals surface area contributed by atoms with Crippen LogP contribution in [-0.4, -0.2) is 40.6 Å². The third kappa shape index (κ3) is 4.08. The fourth-order valence-electron chi connectivity index (χ4n) is 2.50. The van der Waals surface area contributed by atoms with Gasteiger partial charge in [-0.15, -0.1) is 0 Å². The largest absolute Gasteiger partial charge is 0.497 e. The fraction of sp³-hybridized carbons (Fsp3) is 0.333. The van der Waals surface area contributed by atoms with Crippen molar-refractivity contribution in [3.8, 4) is 17.2 Å². The van der Waals surface area contributed by atoms with Gasteiger partial charge in [0.2, 0.25) is 10.0 Å². The summed E-state index contributed by atoms with van der Waals surface area (Å²) in [6, 6.07) is 8.92. The molecule has 0 atom stereocenters. The first kappa shape index (κ1) is 20.0. The monoisotopic (exact) mass is 383 g/mol. The lowest BCUT2D eigenvalue weighted by atomic mass is 10.2. The van der Waals surface area contributed by atoms with Crippen LogP contribution in [0.1, 0.15) is 12.5 Å². The summed E-state index contributed by atoms with van der Waals surface area (Å²) >= 11 is 0. The van der Waals surface area contributed by atoms with E-state index in [0.717, 1.165) is 0 Å². The predicted octanol–water partition coefficient (Wildman–Crippen LogP) is 3.06. The molecule has 2 aromatic rings. The number of halogens is 1. The van der Waals surface area contributed by atoms with Gasteiger partial charge in [0.25, 0.3) is 0 Å². The Bertz CT molecular complexity index is 870. The molecular formula is C18H22FNO5S. The molecule has 0 aromatic heterocycles. The molecule has 0 saturated heterocycles. The summed E-state index contributed by atoms with van der Waals surface area (Å²) in [6.45, 7) is 1.93. The summed E-state index contributed by atoms with van der Waals surface area (Å²) in [5.41, 5.74) is 0.510. The van der Waals surface area contributed by atoms with Gasteiger partial charge in [0.05, 0.1) is 21.3 Å². The van der Waals surface area contributed by atoms with Crippen LogP contribution in [-0.2, 0) is 16.6 Å². The van der Waals surface area contributed by atoms with E-state index in [0.29, 0.717) is 11.3 Å². The van der Waals surface area contributed by atoms with Gasteiger partial charge in [-0.3, -0.25) is 0 Å². The molecule has 0 unspecified atom stereocenters. The molecule has 0 N–H and O–H groups in total. The van der Waals surface area contributed by atoms with Crippen molar-refractivity contribution in [3.63, 3.8) is 0 Å². The molecule has 0 saturated carbocycles. The minimum Gasteiger partial charge on any atom is -0.497 e. The fourth-order valence-corrected chi connectivity index (χ4v) is 4.11. The minimum atomic E-state index is -3.88. The molecule has 0 aliphatic rings. The third-order valence-corrected chi connectivity index (χ3v) is 5.86. The van der Waals surface area contributed by atoms with Crippen LogP contribution in [0.2, 0.25) is 0 Å². The van der Waals surface area contributed by atoms with Crippen LogP contribution in [0.4, 0.5) is 4.39 Å². The van der Waals surface area contributed by atoms with E-state index >= 15 is 0 Å². The molecule has 0 fully saturated rings. The number of hydrogen-bond donors (Lipinski definition) is 0. The Morgan fingerprint density at radius 1 is 0.962 bits per heavy atom. The van der Waals surface area contributed by atoms with Gasteiger partial charge >= 0.3 is 0 Å². The topological polar surface area (TPSA) is 65.1 Å². The summed E-state index contributed by atoms with van der Waals surface area (Å²) in [5, 5.41) is 0. The molecule has 0 heterocycles. The van der Waals surface area contributed by atoms with E-state index in [-0.39, 0.29) is 29.5 Å². The normalized spacial score (nSPS) is 11.5. The van der Waals surface area contributed by atoms with Gasteiger partial charge in [0.1, 0.15) is 16.4 Å². The molecule has 8 heteroatoms. The highest BCUT2D eigenvalue weighted by Gasteiger charge is 2.27. The van der Waals surface area contributed by atoms with Gasteiger partial charge in [0.15, 0.2) is 11.6 Å². The van der Waals surface area contributed by atoms with Gasteiger partial charge < -0.3 is 14.2 Å². The van der Waals surface area contributed by atoms with E-state index in [1.54, 1.807) is 19.1 Å². The van der Waals surface area contributed by atoms with Crippen LogP contribution in [0.3, 0.4) is 0 Å². The van der Waals surface area contributed by atoms with Gasteiger partial charge in [-0.05, 0) is 29.8 Å². The van der Waals surface area contributed by atoms with Crippen molar-refractivity contribution in [2.45, 2.75) is 18.4 Å². The molecule has 2 aromatic carbocycles. The maximum atomic E-state index is 13.9. The Morgan fingerprint density at radius 2 is 1.62 bits per heavy atom. The Morgan fingerprint density at radius 3 is 2.15 bits per heavy atom. The molecule has 26 heavy (non-hydrogen) atoms. The van der Waals surface area contributed by atoms with Gasteiger partial charge in [0, 0.05) is 19.2 Å².